The molecule has 0 amide bonds. The van der Waals surface area contributed by atoms with E-state index in [0.29, 0.717) is 33.2 Å². The minimum absolute atomic E-state index is 0.0110. The first-order valence-electron chi connectivity index (χ1n) is 12.9. The van der Waals surface area contributed by atoms with E-state index in [9.17, 15) is 18.3 Å². The summed E-state index contributed by atoms with van der Waals surface area (Å²) in [7, 11) is -4.05. The Morgan fingerprint density at radius 3 is 2.17 bits per heavy atom. The van der Waals surface area contributed by atoms with E-state index in [4.69, 9.17) is 18.0 Å². The van der Waals surface area contributed by atoms with Crippen LogP contribution in [0.5, 0.6) is 0 Å². The highest BCUT2D eigenvalue weighted by molar-refractivity contribution is 7.89. The molecule has 0 aromatic heterocycles. The number of nitrogens with one attached hydrogen (secondary N) is 3. The van der Waals surface area contributed by atoms with Crippen LogP contribution >= 0.6 is 12.2 Å². The number of rotatable bonds is 9. The largest absolute Gasteiger partial charge is 0.480 e. The third kappa shape index (κ3) is 7.49. The fourth-order valence-corrected chi connectivity index (χ4v) is 6.63. The average molecular weight is 589 g/mol. The zero-order chi connectivity index (χ0) is 29.7. The normalized spacial score (nSPS) is 12.0. The van der Waals surface area contributed by atoms with Gasteiger partial charge in [-0.25, -0.2) is 8.42 Å². The number of aliphatic carboxylic acids is 1. The van der Waals surface area contributed by atoms with Gasteiger partial charge in [0, 0.05) is 5.69 Å². The summed E-state index contributed by atoms with van der Waals surface area (Å²) in [6.07, 6.45) is -0.0110. The SMILES string of the molecule is Cc1cc(C)c(S(=O)(=O)N[C@@H](Cc2ccc(-c3cccc(NC(=S)Nc4ccccc4N)c3)cc2)C(=O)O)c(C)c1. The molecular weight excluding hydrogens is 556 g/mol. The number of para-hydroxylation sites is 2. The van der Waals surface area contributed by atoms with Crippen LogP contribution in [0.25, 0.3) is 11.1 Å². The predicted octanol–water partition coefficient (Wildman–Crippen LogP) is 5.64. The van der Waals surface area contributed by atoms with E-state index in [2.05, 4.69) is 15.4 Å². The van der Waals surface area contributed by atoms with Crippen molar-refractivity contribution in [3.8, 4) is 11.1 Å². The van der Waals surface area contributed by atoms with Crippen LogP contribution in [0, 0.1) is 20.8 Å². The van der Waals surface area contributed by atoms with Crippen molar-refractivity contribution < 1.29 is 18.3 Å². The maximum atomic E-state index is 13.2. The number of hydrogen-bond donors (Lipinski definition) is 5. The van der Waals surface area contributed by atoms with Crippen LogP contribution in [0.3, 0.4) is 0 Å². The number of nitrogens with two attached hydrogens (primary N) is 1. The van der Waals surface area contributed by atoms with Crippen molar-refractivity contribution in [3.63, 3.8) is 0 Å². The Hall–Kier alpha value is -4.25. The van der Waals surface area contributed by atoms with Crippen LogP contribution < -0.4 is 21.1 Å². The summed E-state index contributed by atoms with van der Waals surface area (Å²) in [4.78, 5) is 12.1. The van der Waals surface area contributed by atoms with Gasteiger partial charge in [-0.05, 0) is 91.5 Å². The van der Waals surface area contributed by atoms with Crippen molar-refractivity contribution in [1.82, 2.24) is 4.72 Å². The maximum absolute atomic E-state index is 13.2. The van der Waals surface area contributed by atoms with Gasteiger partial charge in [0.1, 0.15) is 6.04 Å². The van der Waals surface area contributed by atoms with E-state index < -0.39 is 22.0 Å². The van der Waals surface area contributed by atoms with Crippen LogP contribution in [-0.2, 0) is 21.2 Å². The van der Waals surface area contributed by atoms with Crippen molar-refractivity contribution >= 4 is 50.4 Å². The minimum Gasteiger partial charge on any atom is -0.480 e. The topological polar surface area (TPSA) is 134 Å². The molecule has 0 unspecified atom stereocenters. The second-order valence-corrected chi connectivity index (χ2v) is 11.9. The van der Waals surface area contributed by atoms with Crippen molar-refractivity contribution in [1.29, 1.82) is 0 Å². The van der Waals surface area contributed by atoms with Gasteiger partial charge in [-0.1, -0.05) is 66.2 Å². The number of carbonyl (C=O) groups is 1. The van der Waals surface area contributed by atoms with Crippen LogP contribution in [0.1, 0.15) is 22.3 Å². The molecular formula is C31H32N4O4S2. The molecule has 0 saturated heterocycles. The van der Waals surface area contributed by atoms with Crippen molar-refractivity contribution in [3.05, 3.63) is 107 Å². The lowest BCUT2D eigenvalue weighted by atomic mass is 10.0. The zero-order valence-electron chi connectivity index (χ0n) is 22.9. The second-order valence-electron chi connectivity index (χ2n) is 9.89. The van der Waals surface area contributed by atoms with E-state index in [1.54, 1.807) is 44.2 Å². The Morgan fingerprint density at radius 2 is 1.54 bits per heavy atom. The van der Waals surface area contributed by atoms with Crippen molar-refractivity contribution in [2.24, 2.45) is 0 Å². The van der Waals surface area contributed by atoms with E-state index in [1.165, 1.54) is 0 Å². The molecule has 0 aliphatic rings. The number of carboxylic acids is 1. The summed E-state index contributed by atoms with van der Waals surface area (Å²) in [5.74, 6) is -1.25. The highest BCUT2D eigenvalue weighted by atomic mass is 32.2. The monoisotopic (exact) mass is 588 g/mol. The van der Waals surface area contributed by atoms with Gasteiger partial charge < -0.3 is 21.5 Å². The van der Waals surface area contributed by atoms with E-state index >= 15 is 0 Å². The molecule has 6 N–H and O–H groups in total. The summed E-state index contributed by atoms with van der Waals surface area (Å²) in [6.45, 7) is 5.29. The first-order valence-corrected chi connectivity index (χ1v) is 14.8. The van der Waals surface area contributed by atoms with Crippen LogP contribution in [-0.4, -0.2) is 30.6 Å². The van der Waals surface area contributed by atoms with Gasteiger partial charge in [-0.3, -0.25) is 4.79 Å². The highest BCUT2D eigenvalue weighted by Crippen LogP contribution is 2.25. The van der Waals surface area contributed by atoms with Gasteiger partial charge >= 0.3 is 5.97 Å². The number of hydrogen-bond acceptors (Lipinski definition) is 5. The number of nitrogen functional groups attached to an aromatic ring is 1. The van der Waals surface area contributed by atoms with Gasteiger partial charge in [0.2, 0.25) is 10.0 Å². The molecule has 0 radical (unpaired) electrons. The molecule has 8 nitrogen and oxygen atoms in total. The standard InChI is InChI=1S/C31H32N4O4S2/c1-19-15-20(2)29(21(3)16-19)41(38,39)35-28(30(36)37)17-22-11-13-23(14-12-22)24-7-6-8-25(18-24)33-31(40)34-27-10-5-4-9-26(27)32/h4-16,18,28,35H,17,32H2,1-3H3,(H,36,37)(H2,33,34,40)/t28-/m0/s1. The highest BCUT2D eigenvalue weighted by Gasteiger charge is 2.28. The fraction of sp³-hybridized carbons (Fsp3) is 0.161. The summed E-state index contributed by atoms with van der Waals surface area (Å²) >= 11 is 5.43. The van der Waals surface area contributed by atoms with Crippen LogP contribution in [0.15, 0.2) is 89.8 Å². The summed E-state index contributed by atoms with van der Waals surface area (Å²) in [5.41, 5.74) is 12.6. The molecule has 4 rings (SSSR count). The van der Waals surface area contributed by atoms with Gasteiger partial charge in [0.05, 0.1) is 16.3 Å². The molecule has 0 spiro atoms. The zero-order valence-corrected chi connectivity index (χ0v) is 24.6. The van der Waals surface area contributed by atoms with E-state index in [1.807, 2.05) is 61.5 Å². The Morgan fingerprint density at radius 1 is 0.878 bits per heavy atom. The molecule has 0 aliphatic carbocycles. The Balaban J connectivity index is 1.46. The molecule has 212 valence electrons. The lowest BCUT2D eigenvalue weighted by Gasteiger charge is -2.18. The first kappa shape index (κ1) is 29.7. The fourth-order valence-electron chi connectivity index (χ4n) is 4.76. The number of thiocarbonyl (C=S) groups is 1. The molecule has 0 fully saturated rings. The maximum Gasteiger partial charge on any atom is 0.322 e. The number of aryl methyl sites for hydroxylation is 3. The summed E-state index contributed by atoms with van der Waals surface area (Å²) in [6, 6.07) is 24.6. The number of carboxylic acid groups (broad SMARTS) is 1. The van der Waals surface area contributed by atoms with Gasteiger partial charge in [-0.15, -0.1) is 0 Å². The van der Waals surface area contributed by atoms with Crippen molar-refractivity contribution in [2.75, 3.05) is 16.4 Å². The molecule has 4 aromatic rings. The Bertz CT molecular complexity index is 1680. The quantitative estimate of drug-likeness (QED) is 0.125. The van der Waals surface area contributed by atoms with Gasteiger partial charge in [0.15, 0.2) is 5.11 Å². The summed E-state index contributed by atoms with van der Waals surface area (Å²) in [5, 5.41) is 16.5. The average Bonchev–Trinajstić information content (AvgIpc) is 2.89. The molecule has 4 aromatic carbocycles. The first-order chi connectivity index (χ1) is 19.4. The van der Waals surface area contributed by atoms with E-state index in [-0.39, 0.29) is 11.3 Å². The van der Waals surface area contributed by atoms with Crippen LogP contribution in [0.4, 0.5) is 17.1 Å². The molecule has 0 aliphatic heterocycles. The van der Waals surface area contributed by atoms with E-state index in [0.717, 1.165) is 22.4 Å². The second kappa shape index (κ2) is 12.5. The lowest BCUT2D eigenvalue weighted by molar-refractivity contribution is -0.138. The minimum atomic E-state index is -4.05. The smallest absolute Gasteiger partial charge is 0.322 e. The number of sulfonamides is 1. The third-order valence-corrected chi connectivity index (χ3v) is 8.51. The molecule has 0 heterocycles. The molecule has 0 saturated carbocycles. The van der Waals surface area contributed by atoms with Gasteiger partial charge in [-0.2, -0.15) is 4.72 Å². The number of benzene rings is 4. The molecule has 10 heteroatoms. The van der Waals surface area contributed by atoms with Crippen LogP contribution in [0.2, 0.25) is 0 Å². The Kier molecular flexibility index (Phi) is 9.07. The van der Waals surface area contributed by atoms with Crippen molar-refractivity contribution in [2.45, 2.75) is 38.1 Å². The Labute approximate surface area is 245 Å². The molecule has 0 bridgehead atoms. The predicted molar refractivity (Wildman–Crippen MR) is 169 cm³/mol. The lowest BCUT2D eigenvalue weighted by Crippen LogP contribution is -2.42. The molecule has 41 heavy (non-hydrogen) atoms. The number of anilines is 3. The van der Waals surface area contributed by atoms with Gasteiger partial charge in [0.25, 0.3) is 0 Å². The molecule has 1 atom stereocenters. The third-order valence-electron chi connectivity index (χ3n) is 6.53. The summed E-state index contributed by atoms with van der Waals surface area (Å²) < 4.78 is 28.7.